The summed E-state index contributed by atoms with van der Waals surface area (Å²) in [5.74, 6) is 2.99. The predicted molar refractivity (Wildman–Crippen MR) is 122 cm³/mol. The molecule has 0 bridgehead atoms. The Labute approximate surface area is 184 Å². The molecule has 8 heteroatoms. The summed E-state index contributed by atoms with van der Waals surface area (Å²) in [4.78, 5) is 4.40. The topological polar surface area (TPSA) is 73.3 Å². The van der Waals surface area contributed by atoms with E-state index >= 15 is 0 Å². The summed E-state index contributed by atoms with van der Waals surface area (Å²) in [6, 6.07) is 4.05. The van der Waals surface area contributed by atoms with E-state index in [9.17, 15) is 0 Å². The molecule has 1 aliphatic carbocycles. The van der Waals surface area contributed by atoms with Crippen molar-refractivity contribution in [3.8, 4) is 17.2 Å². The Morgan fingerprint density at radius 1 is 1.14 bits per heavy atom. The van der Waals surface area contributed by atoms with Gasteiger partial charge in [0.1, 0.15) is 0 Å². The highest BCUT2D eigenvalue weighted by molar-refractivity contribution is 14.0. The second-order valence-corrected chi connectivity index (χ2v) is 7.65. The maximum absolute atomic E-state index is 5.99. The smallest absolute Gasteiger partial charge is 0.203 e. The Balaban J connectivity index is 0.00000280. The van der Waals surface area contributed by atoms with E-state index < -0.39 is 0 Å². The first-order chi connectivity index (χ1) is 13.0. The van der Waals surface area contributed by atoms with E-state index in [4.69, 9.17) is 18.9 Å². The van der Waals surface area contributed by atoms with Crippen LogP contribution in [0.1, 0.15) is 26.7 Å². The molecular weight excluding hydrogens is 473 g/mol. The van der Waals surface area contributed by atoms with E-state index in [1.807, 2.05) is 12.1 Å². The number of fused-ring (bicyclic) bond motifs is 1. The minimum atomic E-state index is 0. The molecule has 1 saturated heterocycles. The second kappa shape index (κ2) is 9.39. The number of anilines is 1. The summed E-state index contributed by atoms with van der Waals surface area (Å²) in [5.41, 5.74) is 0.879. The van der Waals surface area contributed by atoms with E-state index in [1.165, 1.54) is 6.42 Å². The quantitative estimate of drug-likeness (QED) is 0.363. The van der Waals surface area contributed by atoms with Crippen molar-refractivity contribution >= 4 is 35.6 Å². The molecule has 3 atom stereocenters. The molecule has 3 rings (SSSR count). The van der Waals surface area contributed by atoms with Gasteiger partial charge >= 0.3 is 0 Å². The van der Waals surface area contributed by atoms with Crippen molar-refractivity contribution in [3.63, 3.8) is 0 Å². The van der Waals surface area contributed by atoms with Gasteiger partial charge in [-0.3, -0.25) is 4.99 Å². The minimum Gasteiger partial charge on any atom is -0.493 e. The molecule has 7 nitrogen and oxygen atoms in total. The van der Waals surface area contributed by atoms with Gasteiger partial charge in [-0.25, -0.2) is 0 Å². The normalized spacial score (nSPS) is 25.5. The number of hydrogen-bond donors (Lipinski definition) is 2. The molecule has 3 unspecified atom stereocenters. The fourth-order valence-electron chi connectivity index (χ4n) is 4.41. The van der Waals surface area contributed by atoms with Crippen LogP contribution in [-0.2, 0) is 4.74 Å². The van der Waals surface area contributed by atoms with Crippen LogP contribution in [0, 0.1) is 11.3 Å². The molecule has 2 aliphatic rings. The number of ether oxygens (including phenoxy) is 4. The number of nitrogens with zero attached hydrogens (tertiary/aromatic N) is 1. The van der Waals surface area contributed by atoms with Gasteiger partial charge in [-0.2, -0.15) is 0 Å². The van der Waals surface area contributed by atoms with Crippen LogP contribution in [0.4, 0.5) is 5.69 Å². The first-order valence-corrected chi connectivity index (χ1v) is 9.38. The van der Waals surface area contributed by atoms with Crippen molar-refractivity contribution in [1.29, 1.82) is 0 Å². The highest BCUT2D eigenvalue weighted by Crippen LogP contribution is 2.51. The van der Waals surface area contributed by atoms with Gasteiger partial charge < -0.3 is 29.6 Å². The molecule has 0 aromatic heterocycles. The molecule has 0 amide bonds. The van der Waals surface area contributed by atoms with Crippen LogP contribution < -0.4 is 24.8 Å². The van der Waals surface area contributed by atoms with Crippen molar-refractivity contribution < 1.29 is 18.9 Å². The third kappa shape index (κ3) is 4.12. The Morgan fingerprint density at radius 3 is 2.32 bits per heavy atom. The molecule has 0 spiro atoms. The number of halogens is 1. The molecule has 1 saturated carbocycles. The first kappa shape index (κ1) is 22.9. The summed E-state index contributed by atoms with van der Waals surface area (Å²) in [6.45, 7) is 5.38. The molecular formula is C20H32IN3O4. The third-order valence-corrected chi connectivity index (χ3v) is 5.77. The highest BCUT2D eigenvalue weighted by atomic mass is 127. The standard InChI is InChI=1S/C20H31N3O4.HI/c1-20(2)17(13-8-7-9-27-18(13)20)23-19(21-3)22-12-10-14(24-4)16(26-6)15(11-12)25-5;/h10-11,13,17-18H,7-9H2,1-6H3,(H2,21,22,23);1H. The maximum Gasteiger partial charge on any atom is 0.203 e. The number of methoxy groups -OCH3 is 3. The predicted octanol–water partition coefficient (Wildman–Crippen LogP) is 3.52. The SMILES string of the molecule is CN=C(Nc1cc(OC)c(OC)c(OC)c1)NC1C2CCCOC2C1(C)C.I. The lowest BCUT2D eigenvalue weighted by Crippen LogP contribution is -2.70. The Hall–Kier alpha value is -1.42. The van der Waals surface area contributed by atoms with Gasteiger partial charge in [0.05, 0.1) is 27.4 Å². The lowest BCUT2D eigenvalue weighted by atomic mass is 9.55. The molecule has 1 aliphatic heterocycles. The molecule has 2 N–H and O–H groups in total. The molecule has 2 fully saturated rings. The molecule has 1 heterocycles. The fourth-order valence-corrected chi connectivity index (χ4v) is 4.41. The van der Waals surface area contributed by atoms with Gasteiger partial charge in [0.2, 0.25) is 5.75 Å². The number of guanidine groups is 1. The average molecular weight is 505 g/mol. The largest absolute Gasteiger partial charge is 0.493 e. The minimum absolute atomic E-state index is 0. The van der Waals surface area contributed by atoms with Gasteiger partial charge in [0, 0.05) is 48.8 Å². The van der Waals surface area contributed by atoms with Crippen molar-refractivity contribution in [2.24, 2.45) is 16.3 Å². The van der Waals surface area contributed by atoms with Crippen LogP contribution in [0.3, 0.4) is 0 Å². The summed E-state index contributed by atoms with van der Waals surface area (Å²) in [6.07, 6.45) is 2.63. The molecule has 28 heavy (non-hydrogen) atoms. The highest BCUT2D eigenvalue weighted by Gasteiger charge is 2.58. The van der Waals surface area contributed by atoms with Crippen LogP contribution in [0.15, 0.2) is 17.1 Å². The van der Waals surface area contributed by atoms with Crippen LogP contribution >= 0.6 is 24.0 Å². The van der Waals surface area contributed by atoms with E-state index in [2.05, 4.69) is 29.5 Å². The number of rotatable bonds is 5. The number of hydrogen-bond acceptors (Lipinski definition) is 5. The maximum atomic E-state index is 5.99. The lowest BCUT2D eigenvalue weighted by Gasteiger charge is -2.60. The second-order valence-electron chi connectivity index (χ2n) is 7.65. The number of aliphatic imine (C=N–C) groups is 1. The zero-order chi connectivity index (χ0) is 19.6. The first-order valence-electron chi connectivity index (χ1n) is 9.38. The summed E-state index contributed by atoms with van der Waals surface area (Å²) in [7, 11) is 6.58. The van der Waals surface area contributed by atoms with Crippen LogP contribution in [0.2, 0.25) is 0 Å². The monoisotopic (exact) mass is 505 g/mol. The van der Waals surface area contributed by atoms with Gasteiger partial charge in [0.25, 0.3) is 0 Å². The van der Waals surface area contributed by atoms with E-state index in [-0.39, 0.29) is 29.4 Å². The van der Waals surface area contributed by atoms with Crippen LogP contribution in [-0.4, -0.2) is 53.1 Å². The van der Waals surface area contributed by atoms with Crippen molar-refractivity contribution in [1.82, 2.24) is 5.32 Å². The van der Waals surface area contributed by atoms with Crippen molar-refractivity contribution in [3.05, 3.63) is 12.1 Å². The molecule has 1 aromatic carbocycles. The van der Waals surface area contributed by atoms with Gasteiger partial charge in [-0.05, 0) is 12.8 Å². The van der Waals surface area contributed by atoms with E-state index in [0.29, 0.717) is 41.3 Å². The van der Waals surface area contributed by atoms with E-state index in [1.54, 1.807) is 28.4 Å². The average Bonchev–Trinajstić information content (AvgIpc) is 2.69. The number of nitrogens with one attached hydrogen (secondary N) is 2. The Morgan fingerprint density at radius 2 is 1.79 bits per heavy atom. The number of benzene rings is 1. The fraction of sp³-hybridized carbons (Fsp3) is 0.650. The Kier molecular flexibility index (Phi) is 7.66. The zero-order valence-corrected chi connectivity index (χ0v) is 19.8. The van der Waals surface area contributed by atoms with Gasteiger partial charge in [-0.1, -0.05) is 13.8 Å². The Bertz CT molecular complexity index is 686. The third-order valence-electron chi connectivity index (χ3n) is 5.77. The lowest BCUT2D eigenvalue weighted by molar-refractivity contribution is -0.188. The van der Waals surface area contributed by atoms with Crippen LogP contribution in [0.5, 0.6) is 17.2 Å². The van der Waals surface area contributed by atoms with Crippen molar-refractivity contribution in [2.75, 3.05) is 40.3 Å². The van der Waals surface area contributed by atoms with Crippen molar-refractivity contribution in [2.45, 2.75) is 38.8 Å². The summed E-state index contributed by atoms with van der Waals surface area (Å²) >= 11 is 0. The molecule has 158 valence electrons. The summed E-state index contributed by atoms with van der Waals surface area (Å²) < 4.78 is 22.2. The molecule has 0 radical (unpaired) electrons. The summed E-state index contributed by atoms with van der Waals surface area (Å²) in [5, 5.41) is 6.93. The zero-order valence-electron chi connectivity index (χ0n) is 17.5. The molecule has 1 aromatic rings. The van der Waals surface area contributed by atoms with Gasteiger partial charge in [-0.15, -0.1) is 24.0 Å². The van der Waals surface area contributed by atoms with Gasteiger partial charge in [0.15, 0.2) is 17.5 Å². The van der Waals surface area contributed by atoms with E-state index in [0.717, 1.165) is 18.7 Å². The van der Waals surface area contributed by atoms with Crippen LogP contribution in [0.25, 0.3) is 0 Å².